The van der Waals surface area contributed by atoms with E-state index < -0.39 is 0 Å². The molecule has 0 spiro atoms. The number of benzene rings is 2. The zero-order valence-corrected chi connectivity index (χ0v) is 15.6. The minimum atomic E-state index is -0.210. The van der Waals surface area contributed by atoms with E-state index in [-0.39, 0.29) is 5.56 Å². The average molecular weight is 410 g/mol. The standard InChI is InChI=1S/C19H16BrN5O/c1-12-3-2-4-13(9-12)18-23-19-22-16(10-17(26)25(19)24-18)11-21-15-7-5-14(20)6-8-15/h2-10,21H,11H2,1H3,(H,22,23,24). The van der Waals surface area contributed by atoms with Crippen LogP contribution in [-0.2, 0) is 6.54 Å². The van der Waals surface area contributed by atoms with Gasteiger partial charge in [0.1, 0.15) is 0 Å². The fourth-order valence-electron chi connectivity index (χ4n) is 2.70. The van der Waals surface area contributed by atoms with Crippen molar-refractivity contribution in [2.45, 2.75) is 13.5 Å². The number of hydrogen-bond acceptors (Lipinski definition) is 4. The third-order valence-corrected chi connectivity index (χ3v) is 4.52. The molecule has 0 saturated heterocycles. The Balaban J connectivity index is 1.63. The van der Waals surface area contributed by atoms with Gasteiger partial charge in [-0.3, -0.25) is 4.79 Å². The molecular formula is C19H16BrN5O. The Kier molecular flexibility index (Phi) is 4.30. The third kappa shape index (κ3) is 3.39. The predicted octanol–water partition coefficient (Wildman–Crippen LogP) is 3.77. The number of anilines is 1. The summed E-state index contributed by atoms with van der Waals surface area (Å²) in [6, 6.07) is 17.3. The first-order valence-corrected chi connectivity index (χ1v) is 8.93. The van der Waals surface area contributed by atoms with Crippen LogP contribution in [0.25, 0.3) is 17.2 Å². The summed E-state index contributed by atoms with van der Waals surface area (Å²) in [5.41, 5.74) is 3.50. The fraction of sp³-hybridized carbons (Fsp3) is 0.105. The molecule has 6 nitrogen and oxygen atoms in total. The van der Waals surface area contributed by atoms with Crippen molar-refractivity contribution in [3.63, 3.8) is 0 Å². The molecule has 2 aromatic heterocycles. The van der Waals surface area contributed by atoms with Gasteiger partial charge >= 0.3 is 0 Å². The highest BCUT2D eigenvalue weighted by atomic mass is 79.9. The highest BCUT2D eigenvalue weighted by Crippen LogP contribution is 2.17. The Bertz CT molecular complexity index is 1130. The van der Waals surface area contributed by atoms with Gasteiger partial charge in [0.15, 0.2) is 5.82 Å². The van der Waals surface area contributed by atoms with E-state index in [2.05, 4.69) is 36.3 Å². The summed E-state index contributed by atoms with van der Waals surface area (Å²) in [6.07, 6.45) is 0. The Morgan fingerprint density at radius 3 is 2.73 bits per heavy atom. The van der Waals surface area contributed by atoms with Crippen molar-refractivity contribution in [1.82, 2.24) is 19.6 Å². The quantitative estimate of drug-likeness (QED) is 0.537. The van der Waals surface area contributed by atoms with Crippen LogP contribution in [0.5, 0.6) is 0 Å². The summed E-state index contributed by atoms with van der Waals surface area (Å²) in [6.45, 7) is 2.50. The molecule has 2 aromatic carbocycles. The van der Waals surface area contributed by atoms with E-state index in [9.17, 15) is 4.79 Å². The number of nitrogens with one attached hydrogen (secondary N) is 2. The van der Waals surface area contributed by atoms with E-state index in [4.69, 9.17) is 0 Å². The lowest BCUT2D eigenvalue weighted by atomic mass is 10.1. The monoisotopic (exact) mass is 409 g/mol. The third-order valence-electron chi connectivity index (χ3n) is 3.99. The lowest BCUT2D eigenvalue weighted by Crippen LogP contribution is -2.17. The summed E-state index contributed by atoms with van der Waals surface area (Å²) >= 11 is 3.41. The van der Waals surface area contributed by atoms with Gasteiger partial charge in [-0.1, -0.05) is 39.7 Å². The number of fused-ring (bicyclic) bond motifs is 1. The van der Waals surface area contributed by atoms with Crippen LogP contribution in [0.2, 0.25) is 0 Å². The van der Waals surface area contributed by atoms with Crippen molar-refractivity contribution >= 4 is 27.4 Å². The number of H-pyrrole nitrogens is 1. The molecule has 7 heteroatoms. The van der Waals surface area contributed by atoms with Gasteiger partial charge in [0.25, 0.3) is 5.56 Å². The van der Waals surface area contributed by atoms with Crippen LogP contribution in [-0.4, -0.2) is 19.6 Å². The zero-order valence-electron chi connectivity index (χ0n) is 14.0. The van der Waals surface area contributed by atoms with Gasteiger partial charge in [-0.2, -0.15) is 9.50 Å². The number of hydrogen-bond donors (Lipinski definition) is 2. The molecule has 0 unspecified atom stereocenters. The molecule has 0 amide bonds. The van der Waals surface area contributed by atoms with E-state index in [0.717, 1.165) is 27.0 Å². The van der Waals surface area contributed by atoms with Crippen LogP contribution in [0.4, 0.5) is 5.69 Å². The second kappa shape index (κ2) is 6.76. The molecule has 4 aromatic rings. The number of aromatic nitrogens is 4. The molecule has 0 aliphatic carbocycles. The summed E-state index contributed by atoms with van der Waals surface area (Å²) in [7, 11) is 0. The minimum absolute atomic E-state index is 0.210. The molecule has 0 saturated carbocycles. The first kappa shape index (κ1) is 16.5. The van der Waals surface area contributed by atoms with Gasteiger partial charge in [-0.25, -0.2) is 0 Å². The zero-order chi connectivity index (χ0) is 18.1. The second-order valence-corrected chi connectivity index (χ2v) is 6.95. The second-order valence-electron chi connectivity index (χ2n) is 6.03. The van der Waals surface area contributed by atoms with Gasteiger partial charge in [0.05, 0.1) is 6.54 Å². The summed E-state index contributed by atoms with van der Waals surface area (Å²) in [4.78, 5) is 20.0. The topological polar surface area (TPSA) is 75.1 Å². The molecule has 26 heavy (non-hydrogen) atoms. The van der Waals surface area contributed by atoms with Gasteiger partial charge < -0.3 is 10.3 Å². The minimum Gasteiger partial charge on any atom is -0.379 e. The number of aromatic amines is 1. The largest absolute Gasteiger partial charge is 0.379 e. The smallest absolute Gasteiger partial charge is 0.275 e. The van der Waals surface area contributed by atoms with E-state index in [1.165, 1.54) is 10.6 Å². The molecule has 0 aliphatic heterocycles. The fourth-order valence-corrected chi connectivity index (χ4v) is 2.97. The number of aryl methyl sites for hydroxylation is 1. The van der Waals surface area contributed by atoms with Gasteiger partial charge in [-0.05, 0) is 37.3 Å². The maximum atomic E-state index is 12.4. The van der Waals surface area contributed by atoms with Crippen molar-refractivity contribution in [2.75, 3.05) is 5.32 Å². The molecule has 130 valence electrons. The van der Waals surface area contributed by atoms with Crippen LogP contribution < -0.4 is 10.9 Å². The van der Waals surface area contributed by atoms with Crippen molar-refractivity contribution in [3.05, 3.63) is 80.7 Å². The van der Waals surface area contributed by atoms with Crippen molar-refractivity contribution < 1.29 is 0 Å². The van der Waals surface area contributed by atoms with E-state index in [1.807, 2.05) is 55.5 Å². The normalized spacial score (nSPS) is 11.0. The first-order valence-electron chi connectivity index (χ1n) is 8.14. The molecule has 2 N–H and O–H groups in total. The molecular weight excluding hydrogens is 394 g/mol. The molecule has 2 heterocycles. The van der Waals surface area contributed by atoms with Gasteiger partial charge in [0.2, 0.25) is 5.78 Å². The van der Waals surface area contributed by atoms with E-state index in [0.29, 0.717) is 18.1 Å². The SMILES string of the molecule is Cc1cccc(-c2nc3[nH]c(CNc4ccc(Br)cc4)cc(=O)n3n2)c1. The lowest BCUT2D eigenvalue weighted by Gasteiger charge is -2.06. The van der Waals surface area contributed by atoms with E-state index in [1.54, 1.807) is 0 Å². The number of nitrogens with zero attached hydrogens (tertiary/aromatic N) is 3. The highest BCUT2D eigenvalue weighted by Gasteiger charge is 2.10. The Morgan fingerprint density at radius 2 is 1.96 bits per heavy atom. The van der Waals surface area contributed by atoms with Crippen molar-refractivity contribution in [2.24, 2.45) is 0 Å². The van der Waals surface area contributed by atoms with Gasteiger partial charge in [-0.15, -0.1) is 5.10 Å². The molecule has 0 aliphatic rings. The van der Waals surface area contributed by atoms with Crippen LogP contribution in [0.15, 0.2) is 63.9 Å². The summed E-state index contributed by atoms with van der Waals surface area (Å²) < 4.78 is 2.31. The van der Waals surface area contributed by atoms with Crippen LogP contribution in [0.1, 0.15) is 11.3 Å². The Labute approximate surface area is 158 Å². The lowest BCUT2D eigenvalue weighted by molar-refractivity contribution is 0.879. The van der Waals surface area contributed by atoms with Crippen LogP contribution in [0.3, 0.4) is 0 Å². The number of halogens is 1. The van der Waals surface area contributed by atoms with Crippen molar-refractivity contribution in [3.8, 4) is 11.4 Å². The first-order chi connectivity index (χ1) is 12.6. The molecule has 4 rings (SSSR count). The van der Waals surface area contributed by atoms with E-state index >= 15 is 0 Å². The van der Waals surface area contributed by atoms with Crippen LogP contribution >= 0.6 is 15.9 Å². The average Bonchev–Trinajstić information content (AvgIpc) is 3.06. The van der Waals surface area contributed by atoms with Gasteiger partial charge in [0, 0.05) is 27.5 Å². The maximum absolute atomic E-state index is 12.4. The summed E-state index contributed by atoms with van der Waals surface area (Å²) in [5, 5.41) is 7.61. The molecule has 0 radical (unpaired) electrons. The predicted molar refractivity (Wildman–Crippen MR) is 105 cm³/mol. The maximum Gasteiger partial charge on any atom is 0.275 e. The van der Waals surface area contributed by atoms with Crippen molar-refractivity contribution in [1.29, 1.82) is 0 Å². The Morgan fingerprint density at radius 1 is 1.15 bits per heavy atom. The molecule has 0 atom stereocenters. The number of rotatable bonds is 4. The summed E-state index contributed by atoms with van der Waals surface area (Å²) in [5.74, 6) is 0.960. The Hall–Kier alpha value is -2.93. The molecule has 0 fully saturated rings. The highest BCUT2D eigenvalue weighted by molar-refractivity contribution is 9.10. The van der Waals surface area contributed by atoms with Crippen LogP contribution in [0, 0.1) is 6.92 Å². The molecule has 0 bridgehead atoms.